The summed E-state index contributed by atoms with van der Waals surface area (Å²) in [5.74, 6) is -0.735. The highest BCUT2D eigenvalue weighted by atomic mass is 19.1. The lowest BCUT2D eigenvalue weighted by Crippen LogP contribution is -2.47. The first-order valence-electron chi connectivity index (χ1n) is 10.6. The molecule has 4 rings (SSSR count). The zero-order chi connectivity index (χ0) is 22.7. The Balaban J connectivity index is 1.74. The highest BCUT2D eigenvalue weighted by Gasteiger charge is 2.41. The van der Waals surface area contributed by atoms with Gasteiger partial charge in [0.05, 0.1) is 24.8 Å². The average Bonchev–Trinajstić information content (AvgIpc) is 2.81. The van der Waals surface area contributed by atoms with E-state index in [1.807, 2.05) is 55.5 Å². The number of carbonyl (C=O) groups excluding carboxylic acids is 2. The molecule has 2 amide bonds. The maximum atomic E-state index is 14.2. The molecule has 0 saturated carbocycles. The minimum Gasteiger partial charge on any atom is -0.497 e. The lowest BCUT2D eigenvalue weighted by Gasteiger charge is -2.41. The van der Waals surface area contributed by atoms with Crippen LogP contribution < -0.4 is 15.0 Å². The van der Waals surface area contributed by atoms with Crippen molar-refractivity contribution in [2.45, 2.75) is 25.8 Å². The lowest BCUT2D eigenvalue weighted by atomic mass is 9.83. The molecule has 5 nitrogen and oxygen atoms in total. The van der Waals surface area contributed by atoms with E-state index in [0.717, 1.165) is 16.8 Å². The van der Waals surface area contributed by atoms with Gasteiger partial charge in [0.25, 0.3) is 0 Å². The molecule has 1 heterocycles. The second-order valence-electron chi connectivity index (χ2n) is 7.93. The quantitative estimate of drug-likeness (QED) is 0.598. The number of nitrogens with one attached hydrogen (secondary N) is 1. The predicted octanol–water partition coefficient (Wildman–Crippen LogP) is 5.27. The van der Waals surface area contributed by atoms with Crippen LogP contribution in [0.4, 0.5) is 15.8 Å². The Morgan fingerprint density at radius 2 is 1.72 bits per heavy atom. The fourth-order valence-electron chi connectivity index (χ4n) is 4.15. The molecule has 1 aliphatic rings. The maximum absolute atomic E-state index is 14.2. The minimum absolute atomic E-state index is 0.0513. The molecule has 0 spiro atoms. The number of nitrogens with zero attached hydrogens (tertiary/aromatic N) is 1. The van der Waals surface area contributed by atoms with Crippen LogP contribution in [0.3, 0.4) is 0 Å². The number of piperidine rings is 1. The van der Waals surface area contributed by atoms with E-state index in [-0.39, 0.29) is 23.9 Å². The predicted molar refractivity (Wildman–Crippen MR) is 122 cm³/mol. The Labute approximate surface area is 186 Å². The van der Waals surface area contributed by atoms with Gasteiger partial charge in [-0.05, 0) is 55.3 Å². The first kappa shape index (κ1) is 21.6. The number of ether oxygens (including phenoxy) is 1. The average molecular weight is 432 g/mol. The number of para-hydroxylation sites is 1. The molecule has 32 heavy (non-hydrogen) atoms. The van der Waals surface area contributed by atoms with Crippen LogP contribution in [-0.4, -0.2) is 18.9 Å². The normalized spacial score (nSPS) is 18.3. The van der Waals surface area contributed by atoms with Crippen molar-refractivity contribution < 1.29 is 18.7 Å². The monoisotopic (exact) mass is 432 g/mol. The van der Waals surface area contributed by atoms with E-state index in [1.54, 1.807) is 24.1 Å². The molecule has 0 radical (unpaired) electrons. The van der Waals surface area contributed by atoms with Gasteiger partial charge in [-0.15, -0.1) is 0 Å². The molecule has 1 saturated heterocycles. The smallest absolute Gasteiger partial charge is 0.230 e. The minimum atomic E-state index is -0.554. The molecular weight excluding hydrogens is 407 g/mol. The van der Waals surface area contributed by atoms with Crippen molar-refractivity contribution in [1.82, 2.24) is 0 Å². The van der Waals surface area contributed by atoms with E-state index in [0.29, 0.717) is 12.2 Å². The molecule has 3 aromatic rings. The van der Waals surface area contributed by atoms with Crippen LogP contribution in [0.1, 0.15) is 30.0 Å². The van der Waals surface area contributed by atoms with E-state index in [9.17, 15) is 14.0 Å². The van der Waals surface area contributed by atoms with Gasteiger partial charge < -0.3 is 15.0 Å². The summed E-state index contributed by atoms with van der Waals surface area (Å²) < 4.78 is 19.4. The fraction of sp³-hybridized carbons (Fsp3) is 0.231. The van der Waals surface area contributed by atoms with Gasteiger partial charge in [0.1, 0.15) is 11.6 Å². The van der Waals surface area contributed by atoms with Crippen molar-refractivity contribution >= 4 is 23.2 Å². The Morgan fingerprint density at radius 3 is 2.38 bits per heavy atom. The number of carbonyl (C=O) groups is 2. The van der Waals surface area contributed by atoms with Gasteiger partial charge in [0.15, 0.2) is 0 Å². The molecule has 0 aliphatic carbocycles. The molecule has 6 heteroatoms. The van der Waals surface area contributed by atoms with Gasteiger partial charge in [0, 0.05) is 12.1 Å². The zero-order valence-electron chi connectivity index (χ0n) is 18.0. The van der Waals surface area contributed by atoms with Crippen LogP contribution in [-0.2, 0) is 9.59 Å². The van der Waals surface area contributed by atoms with Crippen molar-refractivity contribution in [3.05, 3.63) is 89.7 Å². The van der Waals surface area contributed by atoms with Crippen molar-refractivity contribution in [1.29, 1.82) is 0 Å². The first-order valence-corrected chi connectivity index (χ1v) is 10.6. The molecule has 2 atom stereocenters. The number of anilines is 2. The van der Waals surface area contributed by atoms with Gasteiger partial charge in [-0.2, -0.15) is 0 Å². The molecule has 1 N–H and O–H groups in total. The Kier molecular flexibility index (Phi) is 6.21. The van der Waals surface area contributed by atoms with Crippen LogP contribution >= 0.6 is 0 Å². The third kappa shape index (κ3) is 4.35. The number of methoxy groups -OCH3 is 1. The summed E-state index contributed by atoms with van der Waals surface area (Å²) in [5.41, 5.74) is 2.75. The molecular formula is C26H25FN2O3. The van der Waals surface area contributed by atoms with Crippen LogP contribution in [0.25, 0.3) is 0 Å². The topological polar surface area (TPSA) is 58.6 Å². The molecule has 2 unspecified atom stereocenters. The van der Waals surface area contributed by atoms with E-state index in [2.05, 4.69) is 5.32 Å². The number of rotatable bonds is 5. The van der Waals surface area contributed by atoms with Crippen LogP contribution in [0.5, 0.6) is 5.75 Å². The standard InChI is InChI=1S/C26H25FN2O3/c1-17-7-11-19(12-8-17)29-24(30)16-15-21(25(29)18-9-13-20(32-2)14-10-18)26(31)28-23-6-4-3-5-22(23)27/h3-14,21,25H,15-16H2,1-2H3,(H,28,31). The Morgan fingerprint density at radius 1 is 1.03 bits per heavy atom. The second-order valence-corrected chi connectivity index (χ2v) is 7.93. The van der Waals surface area contributed by atoms with Gasteiger partial charge in [0.2, 0.25) is 11.8 Å². The third-order valence-corrected chi connectivity index (χ3v) is 5.84. The summed E-state index contributed by atoms with van der Waals surface area (Å²) in [5, 5.41) is 2.72. The van der Waals surface area contributed by atoms with Crippen molar-refractivity contribution in [2.24, 2.45) is 5.92 Å². The lowest BCUT2D eigenvalue weighted by molar-refractivity contribution is -0.126. The van der Waals surface area contributed by atoms with Gasteiger partial charge in [-0.1, -0.05) is 42.0 Å². The van der Waals surface area contributed by atoms with Crippen LogP contribution in [0, 0.1) is 18.7 Å². The number of benzene rings is 3. The van der Waals surface area contributed by atoms with E-state index < -0.39 is 17.8 Å². The van der Waals surface area contributed by atoms with E-state index >= 15 is 0 Å². The van der Waals surface area contributed by atoms with Crippen LogP contribution in [0.2, 0.25) is 0 Å². The molecule has 0 bridgehead atoms. The van der Waals surface area contributed by atoms with Crippen molar-refractivity contribution in [3.63, 3.8) is 0 Å². The molecule has 3 aromatic carbocycles. The number of halogens is 1. The molecule has 1 fully saturated rings. The highest BCUT2D eigenvalue weighted by Crippen LogP contribution is 2.41. The van der Waals surface area contributed by atoms with Crippen molar-refractivity contribution in [3.8, 4) is 5.75 Å². The summed E-state index contributed by atoms with van der Waals surface area (Å²) >= 11 is 0. The summed E-state index contributed by atoms with van der Waals surface area (Å²) in [6.07, 6.45) is 0.605. The number of aryl methyl sites for hydroxylation is 1. The van der Waals surface area contributed by atoms with Gasteiger partial charge in [-0.25, -0.2) is 4.39 Å². The first-order chi connectivity index (χ1) is 15.5. The van der Waals surface area contributed by atoms with Crippen molar-refractivity contribution in [2.75, 3.05) is 17.3 Å². The zero-order valence-corrected chi connectivity index (χ0v) is 18.0. The van der Waals surface area contributed by atoms with Gasteiger partial charge >= 0.3 is 0 Å². The molecule has 164 valence electrons. The maximum Gasteiger partial charge on any atom is 0.230 e. The van der Waals surface area contributed by atoms with Crippen LogP contribution in [0.15, 0.2) is 72.8 Å². The van der Waals surface area contributed by atoms with E-state index in [4.69, 9.17) is 4.74 Å². The summed E-state index contributed by atoms with van der Waals surface area (Å²) in [6.45, 7) is 1.98. The Hall–Kier alpha value is -3.67. The summed E-state index contributed by atoms with van der Waals surface area (Å²) in [4.78, 5) is 28.1. The number of hydrogen-bond acceptors (Lipinski definition) is 3. The number of amides is 2. The number of hydrogen-bond donors (Lipinski definition) is 1. The summed E-state index contributed by atoms with van der Waals surface area (Å²) in [6, 6.07) is 20.6. The van der Waals surface area contributed by atoms with Gasteiger partial charge in [-0.3, -0.25) is 9.59 Å². The Bertz CT molecular complexity index is 1110. The fourth-order valence-corrected chi connectivity index (χ4v) is 4.15. The third-order valence-electron chi connectivity index (χ3n) is 5.84. The molecule has 1 aliphatic heterocycles. The SMILES string of the molecule is COc1ccc(C2C(C(=O)Nc3ccccc3F)CCC(=O)N2c2ccc(C)cc2)cc1. The summed E-state index contributed by atoms with van der Waals surface area (Å²) in [7, 11) is 1.59. The highest BCUT2D eigenvalue weighted by molar-refractivity contribution is 6.00. The second kappa shape index (κ2) is 9.22. The van der Waals surface area contributed by atoms with E-state index in [1.165, 1.54) is 12.1 Å². The molecule has 0 aromatic heterocycles. The largest absolute Gasteiger partial charge is 0.497 e.